The average Bonchev–Trinajstić information content (AvgIpc) is 3.33. The van der Waals surface area contributed by atoms with Gasteiger partial charge in [0.05, 0.1) is 17.8 Å². The molecular weight excluding hydrogens is 406 g/mol. The van der Waals surface area contributed by atoms with Crippen molar-refractivity contribution >= 4 is 16.6 Å². The Hall–Kier alpha value is -2.59. The van der Waals surface area contributed by atoms with Gasteiger partial charge in [-0.05, 0) is 92.8 Å². The van der Waals surface area contributed by atoms with Crippen LogP contribution in [0.25, 0.3) is 10.9 Å². The van der Waals surface area contributed by atoms with Crippen LogP contribution in [0.4, 0.5) is 5.69 Å². The SMILES string of the molecule is CCCCOc1cc(N)c2nc3c(cc2c1)C(Cc1ccc(CN2CCCC2)cc1)CCC3. The van der Waals surface area contributed by atoms with E-state index < -0.39 is 0 Å². The maximum absolute atomic E-state index is 6.38. The Morgan fingerprint density at radius 2 is 1.82 bits per heavy atom. The Bertz CT molecular complexity index is 1090. The van der Waals surface area contributed by atoms with E-state index in [1.165, 1.54) is 61.2 Å². The van der Waals surface area contributed by atoms with Gasteiger partial charge in [0.2, 0.25) is 0 Å². The second-order valence-electron chi connectivity index (χ2n) is 9.90. The summed E-state index contributed by atoms with van der Waals surface area (Å²) in [7, 11) is 0. The Morgan fingerprint density at radius 3 is 2.61 bits per heavy atom. The van der Waals surface area contributed by atoms with Crippen molar-refractivity contribution in [2.45, 2.75) is 70.8 Å². The molecule has 0 bridgehead atoms. The number of aromatic nitrogens is 1. The third kappa shape index (κ3) is 5.16. The average molecular weight is 444 g/mol. The Morgan fingerprint density at radius 1 is 1.03 bits per heavy atom. The molecule has 1 aliphatic carbocycles. The molecule has 2 N–H and O–H groups in total. The molecule has 0 spiro atoms. The van der Waals surface area contributed by atoms with Gasteiger partial charge < -0.3 is 10.5 Å². The third-order valence-corrected chi connectivity index (χ3v) is 7.32. The molecular formula is C29H37N3O. The first-order valence-electron chi connectivity index (χ1n) is 12.9. The monoisotopic (exact) mass is 443 g/mol. The Balaban J connectivity index is 1.35. The highest BCUT2D eigenvalue weighted by Gasteiger charge is 2.23. The molecule has 1 aliphatic heterocycles. The molecule has 0 amide bonds. The summed E-state index contributed by atoms with van der Waals surface area (Å²) in [6.07, 6.45) is 9.41. The minimum absolute atomic E-state index is 0.515. The highest BCUT2D eigenvalue weighted by molar-refractivity contribution is 5.91. The maximum atomic E-state index is 6.38. The van der Waals surface area contributed by atoms with Crippen LogP contribution in [0.15, 0.2) is 42.5 Å². The number of aryl methyl sites for hydroxylation is 1. The van der Waals surface area contributed by atoms with E-state index in [2.05, 4.69) is 48.2 Å². The lowest BCUT2D eigenvalue weighted by Gasteiger charge is -2.26. The zero-order valence-electron chi connectivity index (χ0n) is 20.0. The number of ether oxygens (including phenoxy) is 1. The van der Waals surface area contributed by atoms with Crippen LogP contribution in [0.1, 0.15) is 73.8 Å². The number of nitrogens with two attached hydrogens (primary N) is 1. The number of pyridine rings is 1. The molecule has 2 aromatic carbocycles. The fraction of sp³-hybridized carbons (Fsp3) is 0.483. The summed E-state index contributed by atoms with van der Waals surface area (Å²) in [6.45, 7) is 6.49. The summed E-state index contributed by atoms with van der Waals surface area (Å²) < 4.78 is 5.95. The summed E-state index contributed by atoms with van der Waals surface area (Å²) in [5.41, 5.74) is 13.5. The molecule has 1 saturated heterocycles. The van der Waals surface area contributed by atoms with Gasteiger partial charge in [0.15, 0.2) is 0 Å². The lowest BCUT2D eigenvalue weighted by molar-refractivity contribution is 0.310. The minimum Gasteiger partial charge on any atom is -0.493 e. The molecule has 33 heavy (non-hydrogen) atoms. The number of fused-ring (bicyclic) bond motifs is 2. The molecule has 0 radical (unpaired) electrons. The molecule has 1 unspecified atom stereocenters. The summed E-state index contributed by atoms with van der Waals surface area (Å²) in [5, 5.41) is 1.10. The minimum atomic E-state index is 0.515. The highest BCUT2D eigenvalue weighted by Crippen LogP contribution is 2.37. The summed E-state index contributed by atoms with van der Waals surface area (Å²) >= 11 is 0. The van der Waals surface area contributed by atoms with Gasteiger partial charge in [0, 0.05) is 23.7 Å². The predicted molar refractivity (Wildman–Crippen MR) is 137 cm³/mol. The topological polar surface area (TPSA) is 51.4 Å². The van der Waals surface area contributed by atoms with E-state index >= 15 is 0 Å². The lowest BCUT2D eigenvalue weighted by atomic mass is 9.81. The quantitative estimate of drug-likeness (QED) is 0.330. The van der Waals surface area contributed by atoms with Gasteiger partial charge in [0.1, 0.15) is 5.75 Å². The van der Waals surface area contributed by atoms with E-state index in [-0.39, 0.29) is 0 Å². The highest BCUT2D eigenvalue weighted by atomic mass is 16.5. The molecule has 4 nitrogen and oxygen atoms in total. The van der Waals surface area contributed by atoms with Crippen molar-refractivity contribution in [2.75, 3.05) is 25.4 Å². The van der Waals surface area contributed by atoms with Crippen LogP contribution in [0.2, 0.25) is 0 Å². The van der Waals surface area contributed by atoms with Gasteiger partial charge in [-0.1, -0.05) is 37.6 Å². The van der Waals surface area contributed by atoms with Crippen LogP contribution in [-0.2, 0) is 19.4 Å². The zero-order chi connectivity index (χ0) is 22.6. The van der Waals surface area contributed by atoms with Gasteiger partial charge in [-0.25, -0.2) is 0 Å². The van der Waals surface area contributed by atoms with E-state index in [1.807, 2.05) is 6.07 Å². The van der Waals surface area contributed by atoms with Gasteiger partial charge in [-0.2, -0.15) is 0 Å². The first-order chi connectivity index (χ1) is 16.2. The molecule has 1 fully saturated rings. The molecule has 1 atom stereocenters. The smallest absolute Gasteiger partial charge is 0.122 e. The number of hydrogen-bond donors (Lipinski definition) is 1. The van der Waals surface area contributed by atoms with Gasteiger partial charge in [0.25, 0.3) is 0 Å². The van der Waals surface area contributed by atoms with E-state index in [0.717, 1.165) is 61.2 Å². The molecule has 3 aromatic rings. The number of nitrogen functional groups attached to an aromatic ring is 1. The van der Waals surface area contributed by atoms with Crippen molar-refractivity contribution in [3.63, 3.8) is 0 Å². The van der Waals surface area contributed by atoms with Crippen LogP contribution in [0.3, 0.4) is 0 Å². The van der Waals surface area contributed by atoms with Gasteiger partial charge in [-0.3, -0.25) is 9.88 Å². The number of anilines is 1. The molecule has 4 heteroatoms. The van der Waals surface area contributed by atoms with E-state index in [9.17, 15) is 0 Å². The van der Waals surface area contributed by atoms with E-state index in [1.54, 1.807) is 0 Å². The van der Waals surface area contributed by atoms with Gasteiger partial charge >= 0.3 is 0 Å². The molecule has 0 saturated carbocycles. The second kappa shape index (κ2) is 10.1. The summed E-state index contributed by atoms with van der Waals surface area (Å²) in [6, 6.07) is 15.7. The normalized spacial score (nSPS) is 18.5. The van der Waals surface area contributed by atoms with Crippen molar-refractivity contribution in [3.8, 4) is 5.75 Å². The number of likely N-dealkylation sites (tertiary alicyclic amines) is 1. The largest absolute Gasteiger partial charge is 0.493 e. The first-order valence-corrected chi connectivity index (χ1v) is 12.9. The number of rotatable bonds is 8. The van der Waals surface area contributed by atoms with Crippen molar-refractivity contribution in [1.29, 1.82) is 0 Å². The van der Waals surface area contributed by atoms with Crippen LogP contribution in [-0.4, -0.2) is 29.6 Å². The van der Waals surface area contributed by atoms with Crippen LogP contribution in [0, 0.1) is 0 Å². The number of nitrogens with zero attached hydrogens (tertiary/aromatic N) is 2. The van der Waals surface area contributed by atoms with Crippen LogP contribution in [0.5, 0.6) is 5.75 Å². The molecule has 5 rings (SSSR count). The molecule has 2 heterocycles. The standard InChI is InChI=1S/C29H37N3O/c1-2-3-15-33-25-17-24-18-26-23(7-6-8-28(26)31-29(24)27(30)19-25)16-21-9-11-22(12-10-21)20-32-13-4-5-14-32/h9-12,17-19,23H,2-8,13-16,20,30H2,1H3. The fourth-order valence-electron chi connectivity index (χ4n) is 5.46. The number of unbranched alkanes of at least 4 members (excludes halogenated alkanes) is 1. The van der Waals surface area contributed by atoms with Gasteiger partial charge in [-0.15, -0.1) is 0 Å². The predicted octanol–water partition coefficient (Wildman–Crippen LogP) is 6.25. The number of benzene rings is 2. The fourth-order valence-corrected chi connectivity index (χ4v) is 5.46. The lowest BCUT2D eigenvalue weighted by Crippen LogP contribution is -2.18. The van der Waals surface area contributed by atoms with Crippen molar-refractivity contribution in [2.24, 2.45) is 0 Å². The van der Waals surface area contributed by atoms with Crippen molar-refractivity contribution < 1.29 is 4.74 Å². The molecule has 1 aromatic heterocycles. The van der Waals surface area contributed by atoms with Crippen LogP contribution >= 0.6 is 0 Å². The van der Waals surface area contributed by atoms with E-state index in [4.69, 9.17) is 15.5 Å². The number of hydrogen-bond acceptors (Lipinski definition) is 4. The maximum Gasteiger partial charge on any atom is 0.122 e. The third-order valence-electron chi connectivity index (χ3n) is 7.32. The molecule has 174 valence electrons. The second-order valence-corrected chi connectivity index (χ2v) is 9.90. The molecule has 2 aliphatic rings. The van der Waals surface area contributed by atoms with Crippen molar-refractivity contribution in [1.82, 2.24) is 9.88 Å². The van der Waals surface area contributed by atoms with Crippen molar-refractivity contribution in [3.05, 3.63) is 64.8 Å². The Kier molecular flexibility index (Phi) is 6.82. The summed E-state index contributed by atoms with van der Waals surface area (Å²) in [5.74, 6) is 1.37. The van der Waals surface area contributed by atoms with E-state index in [0.29, 0.717) is 5.92 Å². The summed E-state index contributed by atoms with van der Waals surface area (Å²) in [4.78, 5) is 7.59. The Labute approximate surface area is 198 Å². The zero-order valence-corrected chi connectivity index (χ0v) is 20.0. The first kappa shape index (κ1) is 22.2. The van der Waals surface area contributed by atoms with Crippen LogP contribution < -0.4 is 10.5 Å².